The molecular weight excluding hydrogens is 348 g/mol. The molecule has 0 aliphatic heterocycles. The lowest BCUT2D eigenvalue weighted by atomic mass is 10.0. The van der Waals surface area contributed by atoms with Gasteiger partial charge >= 0.3 is 0 Å². The molecule has 0 N–H and O–H groups in total. The second-order valence-corrected chi connectivity index (χ2v) is 6.63. The quantitative estimate of drug-likeness (QED) is 0.468. The van der Waals surface area contributed by atoms with Gasteiger partial charge in [0.2, 0.25) is 0 Å². The van der Waals surface area contributed by atoms with Crippen LogP contribution in [0.5, 0.6) is 0 Å². The summed E-state index contributed by atoms with van der Waals surface area (Å²) in [5.74, 6) is 0.439. The van der Waals surface area contributed by atoms with E-state index in [1.54, 1.807) is 0 Å². The molecule has 2 aromatic heterocycles. The zero-order chi connectivity index (χ0) is 19.1. The normalized spacial score (nSPS) is 11.2. The van der Waals surface area contributed by atoms with Crippen LogP contribution in [-0.2, 0) is 0 Å². The molecule has 0 aliphatic carbocycles. The van der Waals surface area contributed by atoms with E-state index in [2.05, 4.69) is 15.3 Å². The van der Waals surface area contributed by atoms with Crippen LogP contribution in [0.15, 0.2) is 83.7 Å². The van der Waals surface area contributed by atoms with Gasteiger partial charge in [-0.15, -0.1) is 10.2 Å². The van der Waals surface area contributed by atoms with Gasteiger partial charge in [0.15, 0.2) is 5.82 Å². The molecule has 0 amide bonds. The number of benzene rings is 3. The van der Waals surface area contributed by atoms with Crippen LogP contribution in [0, 0.1) is 6.92 Å². The molecule has 0 atom stereocenters. The van der Waals surface area contributed by atoms with Crippen LogP contribution in [0.3, 0.4) is 0 Å². The third-order valence-electron chi connectivity index (χ3n) is 4.91. The molecule has 5 aromatic rings. The molecule has 0 radical (unpaired) electrons. The summed E-state index contributed by atoms with van der Waals surface area (Å²) in [6.07, 6.45) is 0. The lowest BCUT2D eigenvalue weighted by Crippen LogP contribution is -2.24. The van der Waals surface area contributed by atoms with E-state index in [0.717, 1.165) is 33.1 Å². The summed E-state index contributed by atoms with van der Waals surface area (Å²) in [4.78, 5) is 13.1. The molecule has 134 valence electrons. The zero-order valence-corrected chi connectivity index (χ0v) is 15.2. The fourth-order valence-corrected chi connectivity index (χ4v) is 3.55. The van der Waals surface area contributed by atoms with Crippen molar-refractivity contribution >= 4 is 21.5 Å². The molecule has 28 heavy (non-hydrogen) atoms. The van der Waals surface area contributed by atoms with Crippen LogP contribution >= 0.6 is 0 Å². The summed E-state index contributed by atoms with van der Waals surface area (Å²) in [5, 5.41) is 16.6. The van der Waals surface area contributed by atoms with Gasteiger partial charge in [0.1, 0.15) is 5.69 Å². The highest BCUT2D eigenvalue weighted by Crippen LogP contribution is 2.28. The number of fused-ring (bicyclic) bond motifs is 2. The van der Waals surface area contributed by atoms with Gasteiger partial charge in [0.25, 0.3) is 5.56 Å². The van der Waals surface area contributed by atoms with Crippen LogP contribution in [0.2, 0.25) is 0 Å². The van der Waals surface area contributed by atoms with Crippen molar-refractivity contribution in [3.63, 3.8) is 0 Å². The third-order valence-corrected chi connectivity index (χ3v) is 4.91. The second kappa shape index (κ2) is 6.39. The predicted molar refractivity (Wildman–Crippen MR) is 111 cm³/mol. The van der Waals surface area contributed by atoms with E-state index in [1.807, 2.05) is 85.8 Å². The predicted octanol–water partition coefficient (Wildman–Crippen LogP) is 4.30. The highest BCUT2D eigenvalue weighted by Gasteiger charge is 2.16. The molecule has 0 unspecified atom stereocenters. The first-order valence-corrected chi connectivity index (χ1v) is 9.04. The summed E-state index contributed by atoms with van der Waals surface area (Å²) in [6, 6.07) is 25.2. The first-order chi connectivity index (χ1) is 13.7. The lowest BCUT2D eigenvalue weighted by molar-refractivity contribution is 0.766. The lowest BCUT2D eigenvalue weighted by Gasteiger charge is -2.12. The number of aryl methyl sites for hydroxylation is 1. The average Bonchev–Trinajstić information content (AvgIpc) is 2.76. The Kier molecular flexibility index (Phi) is 3.72. The smallest absolute Gasteiger partial charge is 0.267 e. The number of hydrogen-bond donors (Lipinski definition) is 0. The van der Waals surface area contributed by atoms with E-state index < -0.39 is 0 Å². The summed E-state index contributed by atoms with van der Waals surface area (Å²) >= 11 is 0. The first kappa shape index (κ1) is 16.3. The van der Waals surface area contributed by atoms with Crippen LogP contribution in [0.4, 0.5) is 0 Å². The standard InChI is InChI=1S/C23H16N4O/c1-15-17-11-5-8-14-20(17)23(28)27(26-15)22-19-13-7-6-12-18(19)21(24-25-22)16-9-3-2-4-10-16/h2-14H,1H3. The minimum atomic E-state index is -0.201. The topological polar surface area (TPSA) is 60.7 Å². The maximum absolute atomic E-state index is 13.1. The molecule has 0 bridgehead atoms. The van der Waals surface area contributed by atoms with E-state index >= 15 is 0 Å². The number of aromatic nitrogens is 4. The van der Waals surface area contributed by atoms with Gasteiger partial charge < -0.3 is 0 Å². The SMILES string of the molecule is Cc1nn(-c2nnc(-c3ccccc3)c3ccccc23)c(=O)c2ccccc12. The Labute approximate surface area is 160 Å². The maximum atomic E-state index is 13.1. The Morgan fingerprint density at radius 2 is 1.29 bits per heavy atom. The molecule has 0 saturated carbocycles. The fraction of sp³-hybridized carbons (Fsp3) is 0.0435. The van der Waals surface area contributed by atoms with Crippen molar-refractivity contribution in [3.05, 3.63) is 94.9 Å². The van der Waals surface area contributed by atoms with Crippen molar-refractivity contribution in [2.75, 3.05) is 0 Å². The maximum Gasteiger partial charge on any atom is 0.280 e. The zero-order valence-electron chi connectivity index (χ0n) is 15.2. The highest BCUT2D eigenvalue weighted by atomic mass is 16.1. The average molecular weight is 364 g/mol. The van der Waals surface area contributed by atoms with Crippen LogP contribution in [0.25, 0.3) is 38.6 Å². The van der Waals surface area contributed by atoms with Crippen molar-refractivity contribution in [2.24, 2.45) is 0 Å². The van der Waals surface area contributed by atoms with Gasteiger partial charge in [-0.1, -0.05) is 72.8 Å². The minimum absolute atomic E-state index is 0.201. The van der Waals surface area contributed by atoms with Crippen molar-refractivity contribution < 1.29 is 0 Å². The number of nitrogens with zero attached hydrogens (tertiary/aromatic N) is 4. The van der Waals surface area contributed by atoms with E-state index in [4.69, 9.17) is 0 Å². The minimum Gasteiger partial charge on any atom is -0.267 e. The Bertz CT molecular complexity index is 1390. The van der Waals surface area contributed by atoms with Gasteiger partial charge in [-0.2, -0.15) is 9.78 Å². The molecule has 3 aromatic carbocycles. The van der Waals surface area contributed by atoms with Gasteiger partial charge in [-0.25, -0.2) is 0 Å². The Balaban J connectivity index is 1.84. The molecule has 5 heteroatoms. The van der Waals surface area contributed by atoms with Gasteiger partial charge in [0, 0.05) is 21.7 Å². The Hall–Kier alpha value is -3.86. The van der Waals surface area contributed by atoms with E-state index in [0.29, 0.717) is 11.2 Å². The number of hydrogen-bond acceptors (Lipinski definition) is 4. The molecule has 0 saturated heterocycles. The van der Waals surface area contributed by atoms with Crippen molar-refractivity contribution in [1.29, 1.82) is 0 Å². The fourth-order valence-electron chi connectivity index (χ4n) is 3.55. The second-order valence-electron chi connectivity index (χ2n) is 6.63. The van der Waals surface area contributed by atoms with Crippen LogP contribution < -0.4 is 5.56 Å². The summed E-state index contributed by atoms with van der Waals surface area (Å²) in [7, 11) is 0. The molecule has 5 rings (SSSR count). The van der Waals surface area contributed by atoms with E-state index in [-0.39, 0.29) is 5.56 Å². The Morgan fingerprint density at radius 3 is 2.04 bits per heavy atom. The molecule has 0 fully saturated rings. The van der Waals surface area contributed by atoms with E-state index in [9.17, 15) is 4.79 Å². The van der Waals surface area contributed by atoms with E-state index in [1.165, 1.54) is 4.68 Å². The highest BCUT2D eigenvalue weighted by molar-refractivity contribution is 5.98. The molecule has 0 aliphatic rings. The van der Waals surface area contributed by atoms with Gasteiger partial charge in [0.05, 0.1) is 11.1 Å². The van der Waals surface area contributed by atoms with Crippen molar-refractivity contribution in [2.45, 2.75) is 6.92 Å². The number of rotatable bonds is 2. The molecule has 0 spiro atoms. The summed E-state index contributed by atoms with van der Waals surface area (Å²) in [5.41, 5.74) is 2.33. The van der Waals surface area contributed by atoms with Gasteiger partial charge in [-0.05, 0) is 13.0 Å². The summed E-state index contributed by atoms with van der Waals surface area (Å²) in [6.45, 7) is 1.90. The Morgan fingerprint density at radius 1 is 0.679 bits per heavy atom. The first-order valence-electron chi connectivity index (χ1n) is 9.04. The molecule has 5 nitrogen and oxygen atoms in total. The summed E-state index contributed by atoms with van der Waals surface area (Å²) < 4.78 is 1.36. The molecule has 2 heterocycles. The van der Waals surface area contributed by atoms with Crippen LogP contribution in [-0.4, -0.2) is 20.0 Å². The van der Waals surface area contributed by atoms with Crippen LogP contribution in [0.1, 0.15) is 5.69 Å². The van der Waals surface area contributed by atoms with Crippen molar-refractivity contribution in [1.82, 2.24) is 20.0 Å². The molecular formula is C23H16N4O. The third kappa shape index (κ3) is 2.48. The largest absolute Gasteiger partial charge is 0.280 e. The van der Waals surface area contributed by atoms with Crippen molar-refractivity contribution in [3.8, 4) is 17.1 Å². The monoisotopic (exact) mass is 364 g/mol. The van der Waals surface area contributed by atoms with Gasteiger partial charge in [-0.3, -0.25) is 4.79 Å².